The number of amides is 1. The van der Waals surface area contributed by atoms with Crippen molar-refractivity contribution in [1.29, 1.82) is 0 Å². The van der Waals surface area contributed by atoms with Crippen LogP contribution in [0, 0.1) is 6.92 Å². The molecule has 1 N–H and O–H groups in total. The Labute approximate surface area is 163 Å². The van der Waals surface area contributed by atoms with Crippen molar-refractivity contribution in [3.8, 4) is 11.5 Å². The number of nitrogens with zero attached hydrogens (tertiary/aromatic N) is 5. The molecule has 0 aliphatic carbocycles. The molecule has 1 aliphatic rings. The minimum Gasteiger partial charge on any atom is -0.445 e. The molecule has 28 heavy (non-hydrogen) atoms. The van der Waals surface area contributed by atoms with E-state index in [-0.39, 0.29) is 6.09 Å². The number of anilines is 1. The summed E-state index contributed by atoms with van der Waals surface area (Å²) in [6, 6.07) is 13.6. The standard InChI is InChI=1S/C20H22N6O2/c1-15-22-19(24-23-15)18-8-7-17(13-21-18)25-9-11-26(12-10-25)20(27)28-14-16-5-3-2-4-6-16/h2-8,13H,9-12,14H2,1H3,(H,22,23,24). The lowest BCUT2D eigenvalue weighted by Gasteiger charge is -2.35. The lowest BCUT2D eigenvalue weighted by atomic mass is 10.2. The van der Waals surface area contributed by atoms with Crippen LogP contribution in [-0.4, -0.2) is 57.3 Å². The number of aromatic nitrogens is 4. The molecule has 1 fully saturated rings. The predicted octanol–water partition coefficient (Wildman–Crippen LogP) is 2.63. The molecule has 0 atom stereocenters. The number of piperazine rings is 1. The van der Waals surface area contributed by atoms with Crippen LogP contribution in [0.3, 0.4) is 0 Å². The number of aryl methyl sites for hydroxylation is 1. The number of hydrogen-bond donors (Lipinski definition) is 1. The van der Waals surface area contributed by atoms with Gasteiger partial charge in [-0.15, -0.1) is 0 Å². The van der Waals surface area contributed by atoms with Gasteiger partial charge in [-0.1, -0.05) is 30.3 Å². The minimum absolute atomic E-state index is 0.267. The van der Waals surface area contributed by atoms with Gasteiger partial charge in [0, 0.05) is 26.2 Å². The Morgan fingerprint density at radius 1 is 1.11 bits per heavy atom. The molecular formula is C20H22N6O2. The SMILES string of the molecule is Cc1nc(-c2ccc(N3CCN(C(=O)OCc4ccccc4)CC3)cn2)n[nH]1. The predicted molar refractivity (Wildman–Crippen MR) is 105 cm³/mol. The van der Waals surface area contributed by atoms with E-state index in [1.165, 1.54) is 0 Å². The zero-order valence-corrected chi connectivity index (χ0v) is 15.7. The highest BCUT2D eigenvalue weighted by Crippen LogP contribution is 2.19. The molecule has 4 rings (SSSR count). The quantitative estimate of drug-likeness (QED) is 0.751. The Morgan fingerprint density at radius 2 is 1.89 bits per heavy atom. The van der Waals surface area contributed by atoms with Crippen LogP contribution < -0.4 is 4.90 Å². The van der Waals surface area contributed by atoms with Crippen LogP contribution in [0.15, 0.2) is 48.7 Å². The number of rotatable bonds is 4. The van der Waals surface area contributed by atoms with Crippen LogP contribution in [0.4, 0.5) is 10.5 Å². The maximum Gasteiger partial charge on any atom is 0.410 e. The van der Waals surface area contributed by atoms with Crippen molar-refractivity contribution >= 4 is 11.8 Å². The third-order valence-corrected chi connectivity index (χ3v) is 4.68. The maximum absolute atomic E-state index is 12.3. The highest BCUT2D eigenvalue weighted by Gasteiger charge is 2.22. The third-order valence-electron chi connectivity index (χ3n) is 4.68. The monoisotopic (exact) mass is 378 g/mol. The van der Waals surface area contributed by atoms with E-state index in [2.05, 4.69) is 25.1 Å². The molecule has 0 unspecified atom stereocenters. The molecular weight excluding hydrogens is 356 g/mol. The van der Waals surface area contributed by atoms with Crippen molar-refractivity contribution in [3.05, 3.63) is 60.0 Å². The average Bonchev–Trinajstić information content (AvgIpc) is 3.19. The Morgan fingerprint density at radius 3 is 2.54 bits per heavy atom. The molecule has 0 saturated carbocycles. The van der Waals surface area contributed by atoms with E-state index < -0.39 is 0 Å². The number of ether oxygens (including phenoxy) is 1. The van der Waals surface area contributed by atoms with Crippen molar-refractivity contribution in [1.82, 2.24) is 25.1 Å². The summed E-state index contributed by atoms with van der Waals surface area (Å²) in [6.07, 6.45) is 1.56. The van der Waals surface area contributed by atoms with E-state index in [0.717, 1.165) is 35.9 Å². The van der Waals surface area contributed by atoms with Gasteiger partial charge in [0.15, 0.2) is 5.82 Å². The second-order valence-corrected chi connectivity index (χ2v) is 6.66. The molecule has 0 spiro atoms. The minimum atomic E-state index is -0.267. The molecule has 2 aromatic heterocycles. The Bertz CT molecular complexity index is 917. The van der Waals surface area contributed by atoms with Gasteiger partial charge in [0.2, 0.25) is 0 Å². The van der Waals surface area contributed by atoms with E-state index >= 15 is 0 Å². The number of H-pyrrole nitrogens is 1. The first-order valence-corrected chi connectivity index (χ1v) is 9.25. The summed E-state index contributed by atoms with van der Waals surface area (Å²) in [5.41, 5.74) is 2.74. The summed E-state index contributed by atoms with van der Waals surface area (Å²) in [6.45, 7) is 4.87. The fraction of sp³-hybridized carbons (Fsp3) is 0.300. The molecule has 1 aliphatic heterocycles. The molecule has 8 heteroatoms. The molecule has 3 heterocycles. The highest BCUT2D eigenvalue weighted by molar-refractivity contribution is 5.68. The van der Waals surface area contributed by atoms with Crippen LogP contribution in [-0.2, 0) is 11.3 Å². The van der Waals surface area contributed by atoms with Crippen LogP contribution in [0.2, 0.25) is 0 Å². The number of benzene rings is 1. The topological polar surface area (TPSA) is 87.2 Å². The molecule has 8 nitrogen and oxygen atoms in total. The van der Waals surface area contributed by atoms with E-state index in [9.17, 15) is 4.79 Å². The van der Waals surface area contributed by atoms with Crippen molar-refractivity contribution in [2.45, 2.75) is 13.5 Å². The Hall–Kier alpha value is -3.42. The normalized spacial score (nSPS) is 14.2. The summed E-state index contributed by atoms with van der Waals surface area (Å²) in [5, 5.41) is 6.95. The fourth-order valence-electron chi connectivity index (χ4n) is 3.12. The van der Waals surface area contributed by atoms with Crippen LogP contribution in [0.5, 0.6) is 0 Å². The lowest BCUT2D eigenvalue weighted by molar-refractivity contribution is 0.0942. The van der Waals surface area contributed by atoms with Crippen molar-refractivity contribution in [3.63, 3.8) is 0 Å². The lowest BCUT2D eigenvalue weighted by Crippen LogP contribution is -2.49. The molecule has 1 saturated heterocycles. The molecule has 1 amide bonds. The number of carbonyl (C=O) groups excluding carboxylic acids is 1. The molecule has 0 bridgehead atoms. The number of pyridine rings is 1. The highest BCUT2D eigenvalue weighted by atomic mass is 16.6. The number of nitrogens with one attached hydrogen (secondary N) is 1. The van der Waals surface area contributed by atoms with Crippen molar-refractivity contribution in [2.75, 3.05) is 31.1 Å². The Balaban J connectivity index is 1.29. The van der Waals surface area contributed by atoms with Gasteiger partial charge < -0.3 is 14.5 Å². The van der Waals surface area contributed by atoms with E-state index in [1.54, 1.807) is 4.90 Å². The molecule has 144 valence electrons. The summed E-state index contributed by atoms with van der Waals surface area (Å²) < 4.78 is 5.41. The number of carbonyl (C=O) groups is 1. The van der Waals surface area contributed by atoms with Crippen LogP contribution in [0.1, 0.15) is 11.4 Å². The first kappa shape index (κ1) is 18.0. The maximum atomic E-state index is 12.3. The zero-order valence-electron chi connectivity index (χ0n) is 15.7. The zero-order chi connectivity index (χ0) is 19.3. The molecule has 3 aromatic rings. The average molecular weight is 378 g/mol. The summed E-state index contributed by atoms with van der Waals surface area (Å²) >= 11 is 0. The van der Waals surface area contributed by atoms with Crippen LogP contribution >= 0.6 is 0 Å². The first-order valence-electron chi connectivity index (χ1n) is 9.25. The largest absolute Gasteiger partial charge is 0.445 e. The van der Waals surface area contributed by atoms with Crippen LogP contribution in [0.25, 0.3) is 11.5 Å². The van der Waals surface area contributed by atoms with Gasteiger partial charge in [-0.25, -0.2) is 9.78 Å². The third kappa shape index (κ3) is 4.11. The smallest absolute Gasteiger partial charge is 0.410 e. The summed E-state index contributed by atoms with van der Waals surface area (Å²) in [5.74, 6) is 1.35. The van der Waals surface area contributed by atoms with Gasteiger partial charge in [-0.05, 0) is 24.6 Å². The van der Waals surface area contributed by atoms with Crippen molar-refractivity contribution < 1.29 is 9.53 Å². The second kappa shape index (κ2) is 8.08. The number of hydrogen-bond acceptors (Lipinski definition) is 6. The molecule has 1 aromatic carbocycles. The Kier molecular flexibility index (Phi) is 5.18. The van der Waals surface area contributed by atoms with Gasteiger partial charge in [0.1, 0.15) is 18.1 Å². The first-order chi connectivity index (χ1) is 13.7. The van der Waals surface area contributed by atoms with E-state index in [0.29, 0.717) is 25.5 Å². The second-order valence-electron chi connectivity index (χ2n) is 6.66. The van der Waals surface area contributed by atoms with Gasteiger partial charge in [-0.3, -0.25) is 10.1 Å². The molecule has 0 radical (unpaired) electrons. The van der Waals surface area contributed by atoms with Gasteiger partial charge in [0.25, 0.3) is 0 Å². The summed E-state index contributed by atoms with van der Waals surface area (Å²) in [7, 11) is 0. The van der Waals surface area contributed by atoms with E-state index in [4.69, 9.17) is 4.74 Å². The van der Waals surface area contributed by atoms with Gasteiger partial charge in [0.05, 0.1) is 11.9 Å². The van der Waals surface area contributed by atoms with E-state index in [1.807, 2.05) is 55.6 Å². The van der Waals surface area contributed by atoms with Gasteiger partial charge >= 0.3 is 6.09 Å². The number of aromatic amines is 1. The van der Waals surface area contributed by atoms with Crippen molar-refractivity contribution in [2.24, 2.45) is 0 Å². The van der Waals surface area contributed by atoms with Gasteiger partial charge in [-0.2, -0.15) is 5.10 Å². The fourth-order valence-corrected chi connectivity index (χ4v) is 3.12. The summed E-state index contributed by atoms with van der Waals surface area (Å²) in [4.78, 5) is 25.0.